The van der Waals surface area contributed by atoms with Crippen LogP contribution < -0.4 is 16.0 Å². The summed E-state index contributed by atoms with van der Waals surface area (Å²) in [7, 11) is 0. The average Bonchev–Trinajstić information content (AvgIpc) is 3.27. The molecule has 3 aromatic heterocycles. The predicted molar refractivity (Wildman–Crippen MR) is 133 cm³/mol. The lowest BCUT2D eigenvalue weighted by atomic mass is 10.1. The Morgan fingerprint density at radius 3 is 2.74 bits per heavy atom. The number of hydrogen-bond acceptors (Lipinski definition) is 7. The summed E-state index contributed by atoms with van der Waals surface area (Å²) in [6.45, 7) is 1.83. The lowest BCUT2D eigenvalue weighted by Crippen LogP contribution is -2.25. The van der Waals surface area contributed by atoms with Crippen molar-refractivity contribution in [3.63, 3.8) is 0 Å². The number of nitrogens with one attached hydrogen (secondary N) is 1. The molecule has 5 aromatic rings. The van der Waals surface area contributed by atoms with Crippen LogP contribution in [0.3, 0.4) is 0 Å². The van der Waals surface area contributed by atoms with Crippen LogP contribution in [0.15, 0.2) is 66.4 Å². The molecule has 0 aliphatic carbocycles. The zero-order valence-corrected chi connectivity index (χ0v) is 18.7. The topological polar surface area (TPSA) is 134 Å². The summed E-state index contributed by atoms with van der Waals surface area (Å²) >= 11 is 1.29. The molecule has 0 aliphatic rings. The molecule has 168 valence electrons. The first-order valence-corrected chi connectivity index (χ1v) is 11.1. The first kappa shape index (κ1) is 21.3. The summed E-state index contributed by atoms with van der Waals surface area (Å²) in [5.41, 5.74) is 8.30. The van der Waals surface area contributed by atoms with Crippen molar-refractivity contribution in [2.45, 2.75) is 6.92 Å². The lowest BCUT2D eigenvalue weighted by molar-refractivity contribution is 0.102. The van der Waals surface area contributed by atoms with Crippen molar-refractivity contribution in [3.05, 3.63) is 77.6 Å². The maximum atomic E-state index is 13.1. The van der Waals surface area contributed by atoms with E-state index in [1.165, 1.54) is 17.7 Å². The van der Waals surface area contributed by atoms with Crippen molar-refractivity contribution in [1.29, 1.82) is 0 Å². The molecule has 0 atom stereocenters. The Morgan fingerprint density at radius 1 is 1.09 bits per heavy atom. The van der Waals surface area contributed by atoms with Gasteiger partial charge < -0.3 is 16.2 Å². The molecule has 5 rings (SSSR count). The number of carbonyl (C=O) groups excluding carboxylic acids is 1. The normalized spacial score (nSPS) is 11.0. The van der Waals surface area contributed by atoms with E-state index in [4.69, 9.17) is 5.73 Å². The van der Waals surface area contributed by atoms with Gasteiger partial charge in [0, 0.05) is 22.7 Å². The number of carbonyl (C=O) groups is 2. The Hall–Kier alpha value is -4.57. The first-order valence-electron chi connectivity index (χ1n) is 10.2. The molecule has 2 aromatic carbocycles. The van der Waals surface area contributed by atoms with Gasteiger partial charge in [0.1, 0.15) is 18.0 Å². The van der Waals surface area contributed by atoms with E-state index < -0.39 is 6.09 Å². The third-order valence-electron chi connectivity index (χ3n) is 5.41. The maximum Gasteiger partial charge on any atom is 0.417 e. The summed E-state index contributed by atoms with van der Waals surface area (Å²) < 4.78 is 0.636. The van der Waals surface area contributed by atoms with Gasteiger partial charge in [0.2, 0.25) is 0 Å². The highest BCUT2D eigenvalue weighted by Gasteiger charge is 2.22. The van der Waals surface area contributed by atoms with E-state index in [-0.39, 0.29) is 11.7 Å². The average molecular weight is 471 g/mol. The van der Waals surface area contributed by atoms with E-state index in [1.807, 2.05) is 37.3 Å². The van der Waals surface area contributed by atoms with Crippen LogP contribution in [0.1, 0.15) is 15.9 Å². The highest BCUT2D eigenvalue weighted by Crippen LogP contribution is 2.34. The van der Waals surface area contributed by atoms with E-state index in [0.29, 0.717) is 38.4 Å². The molecule has 0 spiro atoms. The number of thiophene rings is 1. The smallest absolute Gasteiger partial charge is 0.417 e. The van der Waals surface area contributed by atoms with E-state index in [1.54, 1.807) is 29.8 Å². The fraction of sp³-hybridized carbons (Fsp3) is 0.0417. The van der Waals surface area contributed by atoms with Gasteiger partial charge in [-0.25, -0.2) is 24.6 Å². The Morgan fingerprint density at radius 2 is 1.91 bits per heavy atom. The number of nitrogen functional groups attached to an aromatic ring is 1. The largest absolute Gasteiger partial charge is 0.464 e. The summed E-state index contributed by atoms with van der Waals surface area (Å²) in [6, 6.07) is 14.3. The van der Waals surface area contributed by atoms with Crippen LogP contribution in [0.4, 0.5) is 27.8 Å². The van der Waals surface area contributed by atoms with E-state index >= 15 is 0 Å². The fourth-order valence-corrected chi connectivity index (χ4v) is 4.61. The van der Waals surface area contributed by atoms with Crippen molar-refractivity contribution >= 4 is 67.3 Å². The number of pyridine rings is 1. The highest BCUT2D eigenvalue weighted by atomic mass is 32.1. The molecule has 4 N–H and O–H groups in total. The lowest BCUT2D eigenvalue weighted by Gasteiger charge is -2.21. The second kappa shape index (κ2) is 8.41. The minimum absolute atomic E-state index is 0.280. The van der Waals surface area contributed by atoms with Crippen molar-refractivity contribution < 1.29 is 14.7 Å². The monoisotopic (exact) mass is 470 g/mol. The molecule has 10 heteroatoms. The molecule has 0 radical (unpaired) electrons. The number of carboxylic acid groups (broad SMARTS) is 1. The van der Waals surface area contributed by atoms with E-state index in [9.17, 15) is 14.7 Å². The van der Waals surface area contributed by atoms with Gasteiger partial charge in [-0.05, 0) is 36.1 Å². The van der Waals surface area contributed by atoms with Gasteiger partial charge in [0.15, 0.2) is 0 Å². The molecule has 34 heavy (non-hydrogen) atoms. The third-order valence-corrected chi connectivity index (χ3v) is 6.40. The fourth-order valence-electron chi connectivity index (χ4n) is 3.71. The molecule has 0 aliphatic heterocycles. The molecule has 0 unspecified atom stereocenters. The predicted octanol–water partition coefficient (Wildman–Crippen LogP) is 5.20. The summed E-state index contributed by atoms with van der Waals surface area (Å²) in [5.74, 6) is 0.212. The summed E-state index contributed by atoms with van der Waals surface area (Å²) in [6.07, 6.45) is 1.69. The summed E-state index contributed by atoms with van der Waals surface area (Å²) in [4.78, 5) is 38.9. The van der Waals surface area contributed by atoms with Gasteiger partial charge in [-0.3, -0.25) is 4.79 Å². The number of anilines is 4. The van der Waals surface area contributed by atoms with Gasteiger partial charge in [-0.2, -0.15) is 0 Å². The van der Waals surface area contributed by atoms with Crippen LogP contribution in [0.5, 0.6) is 0 Å². The van der Waals surface area contributed by atoms with E-state index in [2.05, 4.69) is 20.3 Å². The Kier molecular flexibility index (Phi) is 5.27. The van der Waals surface area contributed by atoms with Gasteiger partial charge in [-0.1, -0.05) is 30.3 Å². The highest BCUT2D eigenvalue weighted by molar-refractivity contribution is 7.18. The molecular weight excluding hydrogens is 452 g/mol. The van der Waals surface area contributed by atoms with Crippen molar-refractivity contribution in [2.24, 2.45) is 0 Å². The van der Waals surface area contributed by atoms with Crippen LogP contribution in [0.2, 0.25) is 0 Å². The Bertz CT molecular complexity index is 1580. The Labute approximate surface area is 197 Å². The van der Waals surface area contributed by atoms with Crippen molar-refractivity contribution in [2.75, 3.05) is 16.0 Å². The standard InChI is InChI=1S/C24H18N6O3S/c1-13-6-7-15(30(24(32)33)22-16-5-3-2-4-14(16)8-9-26-22)10-18(13)29-23(31)17-11-34-20-19(17)27-12-28-21(20)25/h2-12H,1H3,(H,29,31)(H,32,33)(H2,25,27,28). The third kappa shape index (κ3) is 3.65. The number of rotatable bonds is 4. The molecular formula is C24H18N6O3S. The number of amides is 2. The molecule has 0 saturated carbocycles. The second-order valence-electron chi connectivity index (χ2n) is 7.51. The molecule has 2 amide bonds. The van der Waals surface area contributed by atoms with Crippen LogP contribution in [0.25, 0.3) is 21.0 Å². The van der Waals surface area contributed by atoms with Gasteiger partial charge >= 0.3 is 6.09 Å². The van der Waals surface area contributed by atoms with E-state index in [0.717, 1.165) is 15.8 Å². The van der Waals surface area contributed by atoms with Gasteiger partial charge in [0.25, 0.3) is 5.91 Å². The van der Waals surface area contributed by atoms with Crippen molar-refractivity contribution in [1.82, 2.24) is 15.0 Å². The van der Waals surface area contributed by atoms with Crippen LogP contribution in [-0.2, 0) is 0 Å². The number of aromatic nitrogens is 3. The zero-order valence-electron chi connectivity index (χ0n) is 17.9. The SMILES string of the molecule is Cc1ccc(N(C(=O)O)c2nccc3ccccc23)cc1NC(=O)c1csc2c(N)ncnc12. The number of hydrogen-bond donors (Lipinski definition) is 3. The molecule has 9 nitrogen and oxygen atoms in total. The quantitative estimate of drug-likeness (QED) is 0.329. The minimum atomic E-state index is -1.19. The Balaban J connectivity index is 1.54. The van der Waals surface area contributed by atoms with Gasteiger partial charge in [-0.15, -0.1) is 11.3 Å². The summed E-state index contributed by atoms with van der Waals surface area (Å²) in [5, 5.41) is 16.2. The van der Waals surface area contributed by atoms with Crippen LogP contribution in [0, 0.1) is 6.92 Å². The minimum Gasteiger partial charge on any atom is -0.464 e. The van der Waals surface area contributed by atoms with Crippen LogP contribution in [-0.4, -0.2) is 32.1 Å². The number of fused-ring (bicyclic) bond motifs is 2. The second-order valence-corrected chi connectivity index (χ2v) is 8.39. The molecule has 0 fully saturated rings. The molecule has 3 heterocycles. The van der Waals surface area contributed by atoms with Gasteiger partial charge in [0.05, 0.1) is 21.5 Å². The first-order chi connectivity index (χ1) is 16.4. The maximum absolute atomic E-state index is 13.1. The van der Waals surface area contributed by atoms with Crippen molar-refractivity contribution in [3.8, 4) is 0 Å². The van der Waals surface area contributed by atoms with Crippen LogP contribution >= 0.6 is 11.3 Å². The number of nitrogens with zero attached hydrogens (tertiary/aromatic N) is 4. The number of benzene rings is 2. The molecule has 0 bridgehead atoms. The number of nitrogens with two attached hydrogens (primary N) is 1. The zero-order chi connectivity index (χ0) is 23.8. The molecule has 0 saturated heterocycles. The number of aryl methyl sites for hydroxylation is 1.